The van der Waals surface area contributed by atoms with Crippen LogP contribution in [0.4, 0.5) is 5.82 Å². The summed E-state index contributed by atoms with van der Waals surface area (Å²) >= 11 is 0. The number of aromatic nitrogens is 1. The van der Waals surface area contributed by atoms with Crippen LogP contribution in [0.15, 0.2) is 24.8 Å². The van der Waals surface area contributed by atoms with Crippen molar-refractivity contribution >= 4 is 5.82 Å². The minimum atomic E-state index is 0.0336. The van der Waals surface area contributed by atoms with Crippen LogP contribution in [-0.4, -0.2) is 24.1 Å². The van der Waals surface area contributed by atoms with E-state index in [0.29, 0.717) is 0 Å². The molecule has 3 nitrogen and oxygen atoms in total. The quantitative estimate of drug-likeness (QED) is 0.811. The van der Waals surface area contributed by atoms with E-state index in [1.54, 1.807) is 0 Å². The molecule has 3 heteroatoms. The lowest BCUT2D eigenvalue weighted by molar-refractivity contribution is 0.517. The molecular weight excluding hydrogens is 222 g/mol. The topological polar surface area (TPSA) is 28.2 Å². The number of hydrogen-bond donors (Lipinski definition) is 1. The van der Waals surface area contributed by atoms with Crippen LogP contribution in [0.2, 0.25) is 0 Å². The third kappa shape index (κ3) is 3.84. The number of aryl methyl sites for hydroxylation is 1. The summed E-state index contributed by atoms with van der Waals surface area (Å²) in [4.78, 5) is 6.92. The summed E-state index contributed by atoms with van der Waals surface area (Å²) in [7, 11) is 1.96. The fourth-order valence-electron chi connectivity index (χ4n) is 2.01. The first-order valence-corrected chi connectivity index (χ1v) is 6.39. The standard InChI is InChI=1S/C15H25N3/c1-7-8-18(15(3,4)5)14-10-13(11-16-6)9-12(2)17-14/h7,9-10,16H,1,8,11H2,2-6H3. The average Bonchev–Trinajstić information content (AvgIpc) is 2.23. The lowest BCUT2D eigenvalue weighted by atomic mass is 10.1. The largest absolute Gasteiger partial charge is 0.348 e. The van der Waals surface area contributed by atoms with Gasteiger partial charge in [0.1, 0.15) is 5.82 Å². The molecule has 0 radical (unpaired) electrons. The van der Waals surface area contributed by atoms with Crippen LogP contribution in [0.1, 0.15) is 32.0 Å². The van der Waals surface area contributed by atoms with Gasteiger partial charge in [-0.2, -0.15) is 0 Å². The molecule has 100 valence electrons. The van der Waals surface area contributed by atoms with Gasteiger partial charge in [-0.3, -0.25) is 0 Å². The Hall–Kier alpha value is -1.35. The van der Waals surface area contributed by atoms with E-state index in [4.69, 9.17) is 0 Å². The van der Waals surface area contributed by atoms with Crippen molar-refractivity contribution in [1.82, 2.24) is 10.3 Å². The van der Waals surface area contributed by atoms with Gasteiger partial charge in [0.2, 0.25) is 0 Å². The third-order valence-electron chi connectivity index (χ3n) is 2.78. The van der Waals surface area contributed by atoms with E-state index in [9.17, 15) is 0 Å². The molecule has 0 fully saturated rings. The highest BCUT2D eigenvalue weighted by Gasteiger charge is 2.22. The first-order valence-electron chi connectivity index (χ1n) is 6.39. The molecule has 0 bridgehead atoms. The van der Waals surface area contributed by atoms with E-state index < -0.39 is 0 Å². The first kappa shape index (κ1) is 14.7. The Morgan fingerprint density at radius 1 is 1.39 bits per heavy atom. The Balaban J connectivity index is 3.15. The first-order chi connectivity index (χ1) is 8.38. The van der Waals surface area contributed by atoms with Gasteiger partial charge in [-0.1, -0.05) is 6.08 Å². The molecule has 1 rings (SSSR count). The highest BCUT2D eigenvalue weighted by atomic mass is 15.2. The van der Waals surface area contributed by atoms with E-state index >= 15 is 0 Å². The van der Waals surface area contributed by atoms with Gasteiger partial charge in [-0.15, -0.1) is 6.58 Å². The van der Waals surface area contributed by atoms with Crippen molar-refractivity contribution in [2.24, 2.45) is 0 Å². The predicted molar refractivity (Wildman–Crippen MR) is 79.0 cm³/mol. The third-order valence-corrected chi connectivity index (χ3v) is 2.78. The summed E-state index contributed by atoms with van der Waals surface area (Å²) in [6.45, 7) is 14.1. The highest BCUT2D eigenvalue weighted by molar-refractivity contribution is 5.45. The summed E-state index contributed by atoms with van der Waals surface area (Å²) in [5.41, 5.74) is 2.35. The summed E-state index contributed by atoms with van der Waals surface area (Å²) in [6, 6.07) is 4.27. The van der Waals surface area contributed by atoms with Crippen molar-refractivity contribution in [3.05, 3.63) is 36.0 Å². The van der Waals surface area contributed by atoms with E-state index in [1.807, 2.05) is 20.0 Å². The van der Waals surface area contributed by atoms with Crippen LogP contribution < -0.4 is 10.2 Å². The zero-order valence-electron chi connectivity index (χ0n) is 12.2. The second-order valence-electron chi connectivity index (χ2n) is 5.58. The number of hydrogen-bond acceptors (Lipinski definition) is 3. The van der Waals surface area contributed by atoms with Crippen molar-refractivity contribution in [2.75, 3.05) is 18.5 Å². The van der Waals surface area contributed by atoms with Crippen LogP contribution in [0.25, 0.3) is 0 Å². The Morgan fingerprint density at radius 3 is 2.56 bits per heavy atom. The molecule has 0 aliphatic carbocycles. The molecule has 1 heterocycles. The van der Waals surface area contributed by atoms with Gasteiger partial charge in [0.05, 0.1) is 0 Å². The van der Waals surface area contributed by atoms with Crippen LogP contribution in [-0.2, 0) is 6.54 Å². The van der Waals surface area contributed by atoms with E-state index in [0.717, 1.165) is 24.6 Å². The van der Waals surface area contributed by atoms with Gasteiger partial charge in [0, 0.05) is 24.3 Å². The van der Waals surface area contributed by atoms with Gasteiger partial charge < -0.3 is 10.2 Å². The smallest absolute Gasteiger partial charge is 0.129 e. The number of nitrogens with one attached hydrogen (secondary N) is 1. The molecule has 0 saturated heterocycles. The number of rotatable bonds is 5. The molecule has 1 aromatic rings. The van der Waals surface area contributed by atoms with Gasteiger partial charge >= 0.3 is 0 Å². The molecule has 0 aliphatic heterocycles. The van der Waals surface area contributed by atoms with Gasteiger partial charge in [-0.05, 0) is 52.4 Å². The van der Waals surface area contributed by atoms with Gasteiger partial charge in [0.25, 0.3) is 0 Å². The monoisotopic (exact) mass is 247 g/mol. The van der Waals surface area contributed by atoms with Crippen LogP contribution in [0.5, 0.6) is 0 Å². The van der Waals surface area contributed by atoms with Gasteiger partial charge in [-0.25, -0.2) is 4.98 Å². The predicted octanol–water partition coefficient (Wildman–Crippen LogP) is 2.90. The maximum atomic E-state index is 4.65. The number of nitrogens with zero attached hydrogens (tertiary/aromatic N) is 2. The van der Waals surface area contributed by atoms with Crippen molar-refractivity contribution < 1.29 is 0 Å². The SMILES string of the molecule is C=CCN(c1cc(CNC)cc(C)n1)C(C)(C)C. The van der Waals surface area contributed by atoms with Crippen molar-refractivity contribution in [1.29, 1.82) is 0 Å². The second kappa shape index (κ2) is 6.01. The lowest BCUT2D eigenvalue weighted by Crippen LogP contribution is -2.42. The second-order valence-corrected chi connectivity index (χ2v) is 5.58. The zero-order chi connectivity index (χ0) is 13.8. The number of pyridine rings is 1. The molecule has 0 unspecified atom stereocenters. The lowest BCUT2D eigenvalue weighted by Gasteiger charge is -2.36. The van der Waals surface area contributed by atoms with Crippen molar-refractivity contribution in [3.8, 4) is 0 Å². The summed E-state index contributed by atoms with van der Waals surface area (Å²) in [5.74, 6) is 1.02. The summed E-state index contributed by atoms with van der Waals surface area (Å²) in [6.07, 6.45) is 1.92. The van der Waals surface area contributed by atoms with E-state index in [2.05, 4.69) is 54.7 Å². The Labute approximate surface area is 111 Å². The van der Waals surface area contributed by atoms with E-state index in [1.165, 1.54) is 5.56 Å². The Kier molecular flexibility index (Phi) is 4.91. The van der Waals surface area contributed by atoms with Gasteiger partial charge in [0.15, 0.2) is 0 Å². The number of anilines is 1. The normalized spacial score (nSPS) is 11.4. The molecular formula is C15H25N3. The maximum absolute atomic E-state index is 4.65. The molecule has 0 saturated carbocycles. The minimum Gasteiger partial charge on any atom is -0.348 e. The zero-order valence-corrected chi connectivity index (χ0v) is 12.2. The Bertz CT molecular complexity index is 405. The summed E-state index contributed by atoms with van der Waals surface area (Å²) < 4.78 is 0. The molecule has 1 aromatic heterocycles. The molecule has 0 atom stereocenters. The fourth-order valence-corrected chi connectivity index (χ4v) is 2.01. The molecule has 0 spiro atoms. The molecule has 18 heavy (non-hydrogen) atoms. The molecule has 0 amide bonds. The Morgan fingerprint density at radius 2 is 2.06 bits per heavy atom. The molecule has 1 N–H and O–H groups in total. The maximum Gasteiger partial charge on any atom is 0.129 e. The van der Waals surface area contributed by atoms with Crippen molar-refractivity contribution in [3.63, 3.8) is 0 Å². The van der Waals surface area contributed by atoms with Crippen LogP contribution in [0, 0.1) is 6.92 Å². The van der Waals surface area contributed by atoms with Crippen LogP contribution in [0.3, 0.4) is 0 Å². The molecule has 0 aromatic carbocycles. The average molecular weight is 247 g/mol. The minimum absolute atomic E-state index is 0.0336. The molecule has 0 aliphatic rings. The summed E-state index contributed by atoms with van der Waals surface area (Å²) in [5, 5.41) is 3.18. The fraction of sp³-hybridized carbons (Fsp3) is 0.533. The van der Waals surface area contributed by atoms with Crippen molar-refractivity contribution in [2.45, 2.75) is 39.8 Å². The highest BCUT2D eigenvalue weighted by Crippen LogP contribution is 2.23. The van der Waals surface area contributed by atoms with E-state index in [-0.39, 0.29) is 5.54 Å². The van der Waals surface area contributed by atoms with Crippen LogP contribution >= 0.6 is 0 Å².